The number of anilines is 1. The number of ether oxygens (including phenoxy) is 1. The van der Waals surface area contributed by atoms with Crippen LogP contribution in [0.5, 0.6) is 0 Å². The first-order valence-electron chi connectivity index (χ1n) is 5.33. The van der Waals surface area contributed by atoms with Crippen LogP contribution in [0, 0.1) is 0 Å². The molecule has 2 heterocycles. The number of methoxy groups -OCH3 is 1. The molecule has 2 rings (SSSR count). The second-order valence-electron chi connectivity index (χ2n) is 3.83. The maximum atomic E-state index is 11.7. The summed E-state index contributed by atoms with van der Waals surface area (Å²) < 4.78 is 6.06. The zero-order valence-corrected chi connectivity index (χ0v) is 9.47. The Morgan fingerprint density at radius 3 is 3.12 bits per heavy atom. The lowest BCUT2D eigenvalue weighted by molar-refractivity contribution is -0.125. The van der Waals surface area contributed by atoms with Crippen molar-refractivity contribution in [2.24, 2.45) is 0 Å². The van der Waals surface area contributed by atoms with Gasteiger partial charge in [-0.2, -0.15) is 0 Å². The van der Waals surface area contributed by atoms with E-state index in [2.05, 4.69) is 15.0 Å². The van der Waals surface area contributed by atoms with Gasteiger partial charge in [0.05, 0.1) is 13.4 Å². The Kier molecular flexibility index (Phi) is 2.99. The highest BCUT2D eigenvalue weighted by molar-refractivity contribution is 5.92. The van der Waals surface area contributed by atoms with Crippen molar-refractivity contribution < 1.29 is 14.3 Å². The lowest BCUT2D eigenvalue weighted by Gasteiger charge is -2.23. The highest BCUT2D eigenvalue weighted by Crippen LogP contribution is 2.23. The predicted molar refractivity (Wildman–Crippen MR) is 59.3 cm³/mol. The van der Waals surface area contributed by atoms with E-state index >= 15 is 0 Å². The van der Waals surface area contributed by atoms with Crippen molar-refractivity contribution in [1.29, 1.82) is 0 Å². The third kappa shape index (κ3) is 1.95. The predicted octanol–water partition coefficient (Wildman–Crippen LogP) is -0.297. The quantitative estimate of drug-likeness (QED) is 0.689. The van der Waals surface area contributed by atoms with E-state index in [1.807, 2.05) is 0 Å². The minimum absolute atomic E-state index is 0.0471. The van der Waals surface area contributed by atoms with Gasteiger partial charge in [-0.3, -0.25) is 4.79 Å². The summed E-state index contributed by atoms with van der Waals surface area (Å²) >= 11 is 0. The maximum absolute atomic E-state index is 11.7. The van der Waals surface area contributed by atoms with Gasteiger partial charge in [0.15, 0.2) is 5.69 Å². The van der Waals surface area contributed by atoms with E-state index in [0.29, 0.717) is 13.0 Å². The lowest BCUT2D eigenvalue weighted by Crippen LogP contribution is -2.38. The zero-order valence-electron chi connectivity index (χ0n) is 9.47. The average molecular weight is 238 g/mol. The van der Waals surface area contributed by atoms with Crippen LogP contribution in [-0.2, 0) is 9.53 Å². The van der Waals surface area contributed by atoms with Gasteiger partial charge in [-0.05, 0) is 12.8 Å². The van der Waals surface area contributed by atoms with Gasteiger partial charge in [0.2, 0.25) is 5.91 Å². The molecule has 7 heteroatoms. The second-order valence-corrected chi connectivity index (χ2v) is 3.83. The molecular formula is C10H14N4O3. The number of esters is 1. The fourth-order valence-corrected chi connectivity index (χ4v) is 1.89. The van der Waals surface area contributed by atoms with Gasteiger partial charge in [0.1, 0.15) is 11.9 Å². The van der Waals surface area contributed by atoms with Crippen molar-refractivity contribution in [3.05, 3.63) is 12.0 Å². The van der Waals surface area contributed by atoms with Crippen LogP contribution in [0.25, 0.3) is 0 Å². The summed E-state index contributed by atoms with van der Waals surface area (Å²) in [6.07, 6.45) is 2.96. The molecule has 17 heavy (non-hydrogen) atoms. The SMILES string of the molecule is COC(=O)c1ncn(C2CCCNC2=O)c1N. The van der Waals surface area contributed by atoms with E-state index in [0.717, 1.165) is 6.42 Å². The Labute approximate surface area is 97.9 Å². The van der Waals surface area contributed by atoms with Gasteiger partial charge in [-0.25, -0.2) is 9.78 Å². The number of piperidine rings is 1. The number of nitrogens with one attached hydrogen (secondary N) is 1. The zero-order chi connectivity index (χ0) is 12.4. The molecule has 1 aromatic rings. The molecule has 0 aliphatic carbocycles. The Hall–Kier alpha value is -2.05. The Morgan fingerprint density at radius 2 is 2.47 bits per heavy atom. The van der Waals surface area contributed by atoms with Crippen molar-refractivity contribution in [2.75, 3.05) is 19.4 Å². The van der Waals surface area contributed by atoms with Crippen molar-refractivity contribution in [3.63, 3.8) is 0 Å². The summed E-state index contributed by atoms with van der Waals surface area (Å²) in [5.41, 5.74) is 5.84. The summed E-state index contributed by atoms with van der Waals surface area (Å²) in [7, 11) is 1.26. The van der Waals surface area contributed by atoms with Gasteiger partial charge in [0.25, 0.3) is 0 Å². The van der Waals surface area contributed by atoms with Crippen LogP contribution >= 0.6 is 0 Å². The maximum Gasteiger partial charge on any atom is 0.360 e. The molecule has 1 saturated heterocycles. The molecule has 7 nitrogen and oxygen atoms in total. The summed E-state index contributed by atoms with van der Waals surface area (Å²) in [6, 6.07) is -0.394. The molecule has 1 aliphatic heterocycles. The molecule has 0 spiro atoms. The first-order chi connectivity index (χ1) is 8.15. The number of carbonyl (C=O) groups is 2. The van der Waals surface area contributed by atoms with E-state index < -0.39 is 12.0 Å². The highest BCUT2D eigenvalue weighted by atomic mass is 16.5. The Morgan fingerprint density at radius 1 is 1.71 bits per heavy atom. The number of carbonyl (C=O) groups excluding carboxylic acids is 2. The fourth-order valence-electron chi connectivity index (χ4n) is 1.89. The molecule has 3 N–H and O–H groups in total. The molecular weight excluding hydrogens is 224 g/mol. The van der Waals surface area contributed by atoms with E-state index in [4.69, 9.17) is 5.73 Å². The van der Waals surface area contributed by atoms with E-state index in [9.17, 15) is 9.59 Å². The van der Waals surface area contributed by atoms with Gasteiger partial charge in [-0.1, -0.05) is 0 Å². The number of imidazole rings is 1. The van der Waals surface area contributed by atoms with Crippen LogP contribution in [0.4, 0.5) is 5.82 Å². The monoisotopic (exact) mass is 238 g/mol. The second kappa shape index (κ2) is 4.44. The van der Waals surface area contributed by atoms with Crippen LogP contribution in [0.1, 0.15) is 29.4 Å². The summed E-state index contributed by atoms with van der Waals surface area (Å²) in [5.74, 6) is -0.534. The first-order valence-corrected chi connectivity index (χ1v) is 5.33. The minimum Gasteiger partial charge on any atom is -0.464 e. The molecule has 1 unspecified atom stereocenters. The number of aromatic nitrogens is 2. The lowest BCUT2D eigenvalue weighted by atomic mass is 10.1. The van der Waals surface area contributed by atoms with Crippen molar-refractivity contribution >= 4 is 17.7 Å². The van der Waals surface area contributed by atoms with Crippen molar-refractivity contribution in [3.8, 4) is 0 Å². The Balaban J connectivity index is 2.30. The highest BCUT2D eigenvalue weighted by Gasteiger charge is 2.27. The normalized spacial score (nSPS) is 19.8. The van der Waals surface area contributed by atoms with Crippen molar-refractivity contribution in [1.82, 2.24) is 14.9 Å². The van der Waals surface area contributed by atoms with Gasteiger partial charge >= 0.3 is 5.97 Å². The van der Waals surface area contributed by atoms with Gasteiger partial charge in [-0.15, -0.1) is 0 Å². The third-order valence-electron chi connectivity index (χ3n) is 2.80. The molecule has 92 valence electrons. The number of nitrogens with two attached hydrogens (primary N) is 1. The van der Waals surface area contributed by atoms with Crippen LogP contribution in [-0.4, -0.2) is 35.1 Å². The molecule has 0 aromatic carbocycles. The van der Waals surface area contributed by atoms with Crippen LogP contribution in [0.2, 0.25) is 0 Å². The molecule has 0 radical (unpaired) electrons. The summed E-state index contributed by atoms with van der Waals surface area (Å²) in [6.45, 7) is 0.674. The fraction of sp³-hybridized carbons (Fsp3) is 0.500. The van der Waals surface area contributed by atoms with Crippen LogP contribution in [0.15, 0.2) is 6.33 Å². The molecule has 0 bridgehead atoms. The Bertz CT molecular complexity index is 454. The number of hydrogen-bond acceptors (Lipinski definition) is 5. The molecule has 1 amide bonds. The van der Waals surface area contributed by atoms with Gasteiger partial charge in [0, 0.05) is 6.54 Å². The van der Waals surface area contributed by atoms with Crippen LogP contribution < -0.4 is 11.1 Å². The van der Waals surface area contributed by atoms with Crippen LogP contribution in [0.3, 0.4) is 0 Å². The number of amides is 1. The van der Waals surface area contributed by atoms with Crippen molar-refractivity contribution in [2.45, 2.75) is 18.9 Å². The number of nitrogens with zero attached hydrogens (tertiary/aromatic N) is 2. The summed E-state index contributed by atoms with van der Waals surface area (Å²) in [4.78, 5) is 26.9. The smallest absolute Gasteiger partial charge is 0.360 e. The number of rotatable bonds is 2. The molecule has 0 saturated carbocycles. The number of nitrogen functional groups attached to an aromatic ring is 1. The van der Waals surface area contributed by atoms with E-state index in [1.165, 1.54) is 18.0 Å². The molecule has 1 atom stereocenters. The van der Waals surface area contributed by atoms with E-state index in [1.54, 1.807) is 0 Å². The standard InChI is InChI=1S/C10H14N4O3/c1-17-10(16)7-8(11)14(5-13-7)6-3-2-4-12-9(6)15/h5-6H,2-4,11H2,1H3,(H,12,15). The summed E-state index contributed by atoms with van der Waals surface area (Å²) in [5, 5.41) is 2.75. The van der Waals surface area contributed by atoms with E-state index in [-0.39, 0.29) is 17.4 Å². The largest absolute Gasteiger partial charge is 0.464 e. The first kappa shape index (κ1) is 11.4. The third-order valence-corrected chi connectivity index (χ3v) is 2.80. The minimum atomic E-state index is -0.600. The average Bonchev–Trinajstić information content (AvgIpc) is 2.71. The molecule has 1 aromatic heterocycles. The number of hydrogen-bond donors (Lipinski definition) is 2. The molecule has 1 aliphatic rings. The topological polar surface area (TPSA) is 99.2 Å². The van der Waals surface area contributed by atoms with Gasteiger partial charge < -0.3 is 20.4 Å². The molecule has 1 fully saturated rings.